The molecule has 7 heteroatoms. The van der Waals surface area contributed by atoms with E-state index in [-0.39, 0.29) is 5.56 Å². The molecule has 0 aliphatic rings. The van der Waals surface area contributed by atoms with Crippen LogP contribution >= 0.6 is 23.2 Å². The summed E-state index contributed by atoms with van der Waals surface area (Å²) in [7, 11) is 1.45. The summed E-state index contributed by atoms with van der Waals surface area (Å²) >= 11 is 12.0. The van der Waals surface area contributed by atoms with Gasteiger partial charge >= 0.3 is 0 Å². The van der Waals surface area contributed by atoms with Crippen LogP contribution < -0.4 is 5.32 Å². The summed E-state index contributed by atoms with van der Waals surface area (Å²) in [5, 5.41) is 7.53. The summed E-state index contributed by atoms with van der Waals surface area (Å²) in [4.78, 5) is 12.5. The van der Waals surface area contributed by atoms with E-state index in [0.717, 1.165) is 15.8 Å². The predicted octanol–water partition coefficient (Wildman–Crippen LogP) is 5.09. The minimum atomic E-state index is -0.679. The lowest BCUT2D eigenvalue weighted by Gasteiger charge is -2.12. The molecule has 0 atom stereocenters. The van der Waals surface area contributed by atoms with Gasteiger partial charge in [-0.05, 0) is 30.7 Å². The third kappa shape index (κ3) is 3.38. The fourth-order valence-electron chi connectivity index (χ4n) is 2.58. The van der Waals surface area contributed by atoms with Crippen LogP contribution in [0.15, 0.2) is 42.5 Å². The Morgan fingerprint density at radius 3 is 2.52 bits per heavy atom. The van der Waals surface area contributed by atoms with E-state index >= 15 is 0 Å². The van der Waals surface area contributed by atoms with Gasteiger partial charge in [0, 0.05) is 18.3 Å². The summed E-state index contributed by atoms with van der Waals surface area (Å²) < 4.78 is 15.1. The minimum absolute atomic E-state index is 0.0774. The molecular formula is C18H14Cl2FN3O. The number of hydrogen-bond donors (Lipinski definition) is 1. The maximum atomic E-state index is 14.1. The number of nitrogens with zero attached hydrogens (tertiary/aromatic N) is 2. The molecule has 0 radical (unpaired) electrons. The second kappa shape index (κ2) is 6.86. The van der Waals surface area contributed by atoms with Crippen molar-refractivity contribution in [3.63, 3.8) is 0 Å². The monoisotopic (exact) mass is 377 g/mol. The normalized spacial score (nSPS) is 10.8. The van der Waals surface area contributed by atoms with E-state index < -0.39 is 11.9 Å². The molecule has 0 aliphatic carbocycles. The van der Waals surface area contributed by atoms with Crippen molar-refractivity contribution in [2.75, 3.05) is 5.32 Å². The number of anilines is 1. The molecule has 0 fully saturated rings. The van der Waals surface area contributed by atoms with E-state index in [1.807, 2.05) is 12.1 Å². The van der Waals surface area contributed by atoms with E-state index in [1.54, 1.807) is 37.3 Å². The average Bonchev–Trinajstić information content (AvgIpc) is 2.83. The first-order chi connectivity index (χ1) is 11.9. The lowest BCUT2D eigenvalue weighted by atomic mass is 10.0. The molecule has 0 saturated carbocycles. The van der Waals surface area contributed by atoms with Gasteiger partial charge in [-0.1, -0.05) is 47.5 Å². The van der Waals surface area contributed by atoms with Crippen molar-refractivity contribution in [1.82, 2.24) is 9.78 Å². The molecule has 2 aromatic carbocycles. The maximum Gasteiger partial charge on any atom is 0.262 e. The van der Waals surface area contributed by atoms with Crippen molar-refractivity contribution in [1.29, 1.82) is 0 Å². The molecule has 3 rings (SSSR count). The molecule has 0 aliphatic heterocycles. The van der Waals surface area contributed by atoms with Gasteiger partial charge in [0.1, 0.15) is 5.56 Å². The van der Waals surface area contributed by atoms with Crippen molar-refractivity contribution in [3.05, 3.63) is 69.7 Å². The van der Waals surface area contributed by atoms with Crippen LogP contribution in [0.4, 0.5) is 10.1 Å². The first-order valence-corrected chi connectivity index (χ1v) is 8.19. The highest BCUT2D eigenvalue weighted by Crippen LogP contribution is 2.33. The van der Waals surface area contributed by atoms with E-state index in [1.165, 1.54) is 7.05 Å². The van der Waals surface area contributed by atoms with Gasteiger partial charge in [-0.15, -0.1) is 0 Å². The number of carbonyl (C=O) groups excluding carboxylic acids is 1. The van der Waals surface area contributed by atoms with Crippen molar-refractivity contribution < 1.29 is 9.18 Å². The van der Waals surface area contributed by atoms with Crippen LogP contribution in [0.3, 0.4) is 0 Å². The smallest absolute Gasteiger partial charge is 0.262 e. The highest BCUT2D eigenvalue weighted by atomic mass is 35.5. The Morgan fingerprint density at radius 2 is 1.88 bits per heavy atom. The van der Waals surface area contributed by atoms with Gasteiger partial charge in [0.2, 0.25) is 5.95 Å². The standard InChI is InChI=1S/C18H14Cl2FN3O/c1-10-16(17(21)24(2)23-10)18(25)22-15-6-4-3-5-12(15)11-7-8-13(19)14(20)9-11/h3-9H,1-2H3,(H,22,25). The number of amides is 1. The Morgan fingerprint density at radius 1 is 1.16 bits per heavy atom. The lowest BCUT2D eigenvalue weighted by molar-refractivity contribution is 0.102. The fraction of sp³-hybridized carbons (Fsp3) is 0.111. The number of para-hydroxylation sites is 1. The molecule has 0 unspecified atom stereocenters. The average molecular weight is 378 g/mol. The second-order valence-corrected chi connectivity index (χ2v) is 6.32. The third-order valence-corrected chi connectivity index (χ3v) is 4.52. The highest BCUT2D eigenvalue weighted by molar-refractivity contribution is 6.42. The maximum absolute atomic E-state index is 14.1. The Labute approximate surface area is 154 Å². The van der Waals surface area contributed by atoms with Crippen LogP contribution in [0.1, 0.15) is 16.1 Å². The number of nitrogens with one attached hydrogen (secondary N) is 1. The van der Waals surface area contributed by atoms with Gasteiger partial charge < -0.3 is 5.32 Å². The van der Waals surface area contributed by atoms with Crippen LogP contribution in [0, 0.1) is 12.9 Å². The van der Waals surface area contributed by atoms with Crippen LogP contribution in [-0.2, 0) is 7.05 Å². The van der Waals surface area contributed by atoms with Gasteiger partial charge in [-0.3, -0.25) is 4.79 Å². The minimum Gasteiger partial charge on any atom is -0.321 e. The SMILES string of the molecule is Cc1nn(C)c(F)c1C(=O)Nc1ccccc1-c1ccc(Cl)c(Cl)c1. The lowest BCUT2D eigenvalue weighted by Crippen LogP contribution is -2.15. The van der Waals surface area contributed by atoms with Crippen molar-refractivity contribution in [3.8, 4) is 11.1 Å². The van der Waals surface area contributed by atoms with Crippen molar-refractivity contribution >= 4 is 34.8 Å². The van der Waals surface area contributed by atoms with Gasteiger partial charge in [-0.25, -0.2) is 4.68 Å². The van der Waals surface area contributed by atoms with Crippen molar-refractivity contribution in [2.45, 2.75) is 6.92 Å². The first-order valence-electron chi connectivity index (χ1n) is 7.43. The van der Waals surface area contributed by atoms with Gasteiger partial charge in [0.05, 0.1) is 15.7 Å². The Hall–Kier alpha value is -2.37. The van der Waals surface area contributed by atoms with E-state index in [4.69, 9.17) is 23.2 Å². The summed E-state index contributed by atoms with van der Waals surface area (Å²) in [5.74, 6) is -1.24. The van der Waals surface area contributed by atoms with Crippen LogP contribution in [0.25, 0.3) is 11.1 Å². The van der Waals surface area contributed by atoms with Crippen LogP contribution in [0.5, 0.6) is 0 Å². The zero-order valence-electron chi connectivity index (χ0n) is 13.5. The van der Waals surface area contributed by atoms with E-state index in [9.17, 15) is 9.18 Å². The largest absolute Gasteiger partial charge is 0.321 e. The molecule has 3 aromatic rings. The van der Waals surface area contributed by atoms with Gasteiger partial charge in [-0.2, -0.15) is 9.49 Å². The molecular weight excluding hydrogens is 364 g/mol. The molecule has 1 N–H and O–H groups in total. The summed E-state index contributed by atoms with van der Waals surface area (Å²) in [6, 6.07) is 12.4. The number of carbonyl (C=O) groups is 1. The van der Waals surface area contributed by atoms with Crippen molar-refractivity contribution in [2.24, 2.45) is 7.05 Å². The van der Waals surface area contributed by atoms with Crippen LogP contribution in [0.2, 0.25) is 10.0 Å². The predicted molar refractivity (Wildman–Crippen MR) is 97.8 cm³/mol. The molecule has 1 aromatic heterocycles. The molecule has 0 bridgehead atoms. The molecule has 1 heterocycles. The zero-order chi connectivity index (χ0) is 18.1. The summed E-state index contributed by atoms with van der Waals surface area (Å²) in [6.45, 7) is 1.59. The quantitative estimate of drug-likeness (QED) is 0.690. The number of halogens is 3. The van der Waals surface area contributed by atoms with Gasteiger partial charge in [0.15, 0.2) is 0 Å². The molecule has 4 nitrogen and oxygen atoms in total. The third-order valence-electron chi connectivity index (χ3n) is 3.79. The summed E-state index contributed by atoms with van der Waals surface area (Å²) in [6.07, 6.45) is 0. The summed E-state index contributed by atoms with van der Waals surface area (Å²) in [5.41, 5.74) is 2.31. The second-order valence-electron chi connectivity index (χ2n) is 5.50. The Bertz CT molecular complexity index is 969. The highest BCUT2D eigenvalue weighted by Gasteiger charge is 2.21. The Kier molecular flexibility index (Phi) is 4.79. The van der Waals surface area contributed by atoms with E-state index in [0.29, 0.717) is 21.4 Å². The molecule has 1 amide bonds. The number of rotatable bonds is 3. The molecule has 25 heavy (non-hydrogen) atoms. The van der Waals surface area contributed by atoms with Gasteiger partial charge in [0.25, 0.3) is 5.91 Å². The van der Waals surface area contributed by atoms with E-state index in [2.05, 4.69) is 10.4 Å². The zero-order valence-corrected chi connectivity index (χ0v) is 15.0. The van der Waals surface area contributed by atoms with Crippen LogP contribution in [-0.4, -0.2) is 15.7 Å². The molecule has 128 valence electrons. The number of aryl methyl sites for hydroxylation is 2. The topological polar surface area (TPSA) is 46.9 Å². The molecule has 0 saturated heterocycles. The molecule has 0 spiro atoms. The number of benzene rings is 2. The number of hydrogen-bond acceptors (Lipinski definition) is 2. The Balaban J connectivity index is 1.99. The fourth-order valence-corrected chi connectivity index (χ4v) is 2.88. The first kappa shape index (κ1) is 17.5. The number of aromatic nitrogens is 2.